The molecule has 2 heterocycles. The van der Waals surface area contributed by atoms with E-state index in [-0.39, 0.29) is 29.4 Å². The topological polar surface area (TPSA) is 62.9 Å². The van der Waals surface area contributed by atoms with Crippen molar-refractivity contribution in [2.24, 2.45) is 10.9 Å². The Labute approximate surface area is 186 Å². The van der Waals surface area contributed by atoms with E-state index in [2.05, 4.69) is 41.0 Å². The minimum absolute atomic E-state index is 0. The molecule has 0 amide bonds. The fourth-order valence-corrected chi connectivity index (χ4v) is 3.91. The molecule has 2 aliphatic rings. The third kappa shape index (κ3) is 6.61. The van der Waals surface area contributed by atoms with Crippen LogP contribution < -0.4 is 5.32 Å². The molecule has 1 saturated heterocycles. The Hall–Kier alpha value is -0.830. The van der Waals surface area contributed by atoms with Crippen molar-refractivity contribution < 1.29 is 9.15 Å². The van der Waals surface area contributed by atoms with Crippen LogP contribution in [0.3, 0.4) is 0 Å². The highest BCUT2D eigenvalue weighted by Gasteiger charge is 2.24. The Kier molecular flexibility index (Phi) is 9.05. The molecule has 28 heavy (non-hydrogen) atoms. The number of aliphatic imine (C=N–C) groups is 1. The number of hydrogen-bond donors (Lipinski definition) is 1. The molecule has 1 saturated carbocycles. The Bertz CT molecular complexity index is 612. The molecule has 1 N–H and O–H groups in total. The van der Waals surface area contributed by atoms with E-state index in [0.29, 0.717) is 18.5 Å². The number of rotatable bonds is 5. The quantitative estimate of drug-likeness (QED) is 0.367. The van der Waals surface area contributed by atoms with E-state index >= 15 is 0 Å². The summed E-state index contributed by atoms with van der Waals surface area (Å²) in [7, 11) is 1.83. The van der Waals surface area contributed by atoms with E-state index in [9.17, 15) is 0 Å². The van der Waals surface area contributed by atoms with E-state index in [1.807, 2.05) is 13.2 Å². The summed E-state index contributed by atoms with van der Waals surface area (Å²) in [6.45, 7) is 9.86. The van der Waals surface area contributed by atoms with Crippen molar-refractivity contribution in [3.8, 4) is 0 Å². The van der Waals surface area contributed by atoms with Gasteiger partial charge in [0.1, 0.15) is 5.76 Å². The lowest BCUT2D eigenvalue weighted by Gasteiger charge is -2.34. The second kappa shape index (κ2) is 10.8. The minimum Gasteiger partial charge on any atom is -0.443 e. The van der Waals surface area contributed by atoms with Gasteiger partial charge in [0, 0.05) is 32.2 Å². The van der Waals surface area contributed by atoms with Crippen LogP contribution in [0.15, 0.2) is 15.6 Å². The van der Waals surface area contributed by atoms with Crippen molar-refractivity contribution in [2.75, 3.05) is 26.7 Å². The van der Waals surface area contributed by atoms with Gasteiger partial charge in [-0.05, 0) is 31.6 Å². The second-order valence-corrected chi connectivity index (χ2v) is 8.94. The van der Waals surface area contributed by atoms with Crippen LogP contribution >= 0.6 is 24.0 Å². The fourth-order valence-electron chi connectivity index (χ4n) is 3.91. The maximum Gasteiger partial charge on any atom is 0.213 e. The summed E-state index contributed by atoms with van der Waals surface area (Å²) in [5, 5.41) is 3.39. The molecule has 1 aromatic rings. The van der Waals surface area contributed by atoms with Crippen LogP contribution in [-0.2, 0) is 16.7 Å². The molecule has 1 aliphatic heterocycles. The average Bonchev–Trinajstić information content (AvgIpc) is 3.33. The molecule has 1 aromatic heterocycles. The molecule has 7 heteroatoms. The Morgan fingerprint density at radius 3 is 2.50 bits per heavy atom. The normalized spacial score (nSPS) is 19.7. The van der Waals surface area contributed by atoms with Gasteiger partial charge in [-0.2, -0.15) is 0 Å². The molecule has 160 valence electrons. The number of hydrogen-bond acceptors (Lipinski definition) is 4. The van der Waals surface area contributed by atoms with E-state index in [1.165, 1.54) is 25.7 Å². The van der Waals surface area contributed by atoms with E-state index in [0.717, 1.165) is 50.2 Å². The summed E-state index contributed by atoms with van der Waals surface area (Å²) >= 11 is 0. The van der Waals surface area contributed by atoms with E-state index in [1.54, 1.807) is 0 Å². The number of piperidine rings is 1. The van der Waals surface area contributed by atoms with Crippen molar-refractivity contribution in [3.05, 3.63) is 17.8 Å². The molecular formula is C21H37IN4O2. The largest absolute Gasteiger partial charge is 0.443 e. The fraction of sp³-hybridized carbons (Fsp3) is 0.810. The van der Waals surface area contributed by atoms with E-state index < -0.39 is 0 Å². The molecule has 0 radical (unpaired) electrons. The average molecular weight is 504 g/mol. The van der Waals surface area contributed by atoms with Gasteiger partial charge in [0.15, 0.2) is 5.96 Å². The highest BCUT2D eigenvalue weighted by molar-refractivity contribution is 14.0. The molecular weight excluding hydrogens is 467 g/mol. The first-order valence-electron chi connectivity index (χ1n) is 10.5. The van der Waals surface area contributed by atoms with Gasteiger partial charge in [0.2, 0.25) is 5.89 Å². The van der Waals surface area contributed by atoms with E-state index in [4.69, 9.17) is 9.15 Å². The van der Waals surface area contributed by atoms with Gasteiger partial charge in [-0.15, -0.1) is 24.0 Å². The number of ether oxygens (including phenoxy) is 1. The van der Waals surface area contributed by atoms with Crippen molar-refractivity contribution in [1.82, 2.24) is 15.2 Å². The third-order valence-electron chi connectivity index (χ3n) is 5.69. The third-order valence-corrected chi connectivity index (χ3v) is 5.69. The number of nitrogens with one attached hydrogen (secondary N) is 1. The molecule has 2 fully saturated rings. The Morgan fingerprint density at radius 1 is 1.25 bits per heavy atom. The lowest BCUT2D eigenvalue weighted by molar-refractivity contribution is 0.000991. The number of nitrogens with zero attached hydrogens (tertiary/aromatic N) is 3. The van der Waals surface area contributed by atoms with Crippen LogP contribution in [0, 0.1) is 5.92 Å². The predicted molar refractivity (Wildman–Crippen MR) is 123 cm³/mol. The second-order valence-electron chi connectivity index (χ2n) is 8.94. The van der Waals surface area contributed by atoms with Crippen LogP contribution in [0.25, 0.3) is 0 Å². The molecule has 0 unspecified atom stereocenters. The van der Waals surface area contributed by atoms with Crippen molar-refractivity contribution in [1.29, 1.82) is 0 Å². The summed E-state index contributed by atoms with van der Waals surface area (Å²) < 4.78 is 12.0. The molecule has 0 spiro atoms. The van der Waals surface area contributed by atoms with Crippen LogP contribution in [0.1, 0.15) is 70.9 Å². The van der Waals surface area contributed by atoms with Crippen molar-refractivity contribution in [2.45, 2.75) is 77.4 Å². The molecule has 3 rings (SSSR count). The highest BCUT2D eigenvalue weighted by Crippen LogP contribution is 2.26. The number of likely N-dealkylation sites (tertiary alicyclic amines) is 1. The summed E-state index contributed by atoms with van der Waals surface area (Å²) in [4.78, 5) is 11.1. The van der Waals surface area contributed by atoms with Gasteiger partial charge >= 0.3 is 0 Å². The summed E-state index contributed by atoms with van der Waals surface area (Å²) in [6, 6.07) is 0. The van der Waals surface area contributed by atoms with Crippen LogP contribution in [0.4, 0.5) is 0 Å². The lowest BCUT2D eigenvalue weighted by atomic mass is 9.94. The first-order chi connectivity index (χ1) is 13.0. The maximum absolute atomic E-state index is 6.18. The van der Waals surface area contributed by atoms with Crippen LogP contribution in [0.2, 0.25) is 0 Å². The first kappa shape index (κ1) is 23.4. The first-order valence-corrected chi connectivity index (χ1v) is 10.5. The van der Waals surface area contributed by atoms with Gasteiger partial charge in [-0.1, -0.05) is 33.6 Å². The lowest BCUT2D eigenvalue weighted by Crippen LogP contribution is -2.46. The number of halogens is 1. The Morgan fingerprint density at radius 2 is 1.93 bits per heavy atom. The minimum atomic E-state index is -0.0205. The maximum atomic E-state index is 6.18. The zero-order valence-corrected chi connectivity index (χ0v) is 20.2. The molecule has 0 aromatic carbocycles. The summed E-state index contributed by atoms with van der Waals surface area (Å²) in [5.41, 5.74) is -0.0205. The smallest absolute Gasteiger partial charge is 0.213 e. The predicted octanol–water partition coefficient (Wildman–Crippen LogP) is 4.34. The summed E-state index contributed by atoms with van der Waals surface area (Å²) in [5.74, 6) is 3.33. The number of guanidine groups is 1. The number of oxazole rings is 1. The van der Waals surface area contributed by atoms with Gasteiger partial charge in [0.25, 0.3) is 0 Å². The Balaban J connectivity index is 0.00000280. The standard InChI is InChI=1S/C21H36N4O2.HI/c1-21(2,3)18-13-23-19(27-18)14-24-20(22-4)25-11-9-17(10-12-25)26-15-16-7-5-6-8-16;/h13,16-17H,5-12,14-15H2,1-4H3,(H,22,24);1H. The van der Waals surface area contributed by atoms with Gasteiger partial charge in [-0.25, -0.2) is 4.98 Å². The van der Waals surface area contributed by atoms with Crippen LogP contribution in [-0.4, -0.2) is 48.7 Å². The van der Waals surface area contributed by atoms with Crippen molar-refractivity contribution in [3.63, 3.8) is 0 Å². The van der Waals surface area contributed by atoms with Gasteiger partial charge < -0.3 is 19.4 Å². The molecule has 0 bridgehead atoms. The monoisotopic (exact) mass is 504 g/mol. The van der Waals surface area contributed by atoms with Crippen LogP contribution in [0.5, 0.6) is 0 Å². The molecule has 6 nitrogen and oxygen atoms in total. The van der Waals surface area contributed by atoms with Gasteiger partial charge in [0.05, 0.1) is 18.8 Å². The number of aromatic nitrogens is 1. The van der Waals surface area contributed by atoms with Gasteiger partial charge in [-0.3, -0.25) is 4.99 Å². The molecule has 0 atom stereocenters. The van der Waals surface area contributed by atoms with Crippen molar-refractivity contribution >= 4 is 29.9 Å². The summed E-state index contributed by atoms with van der Waals surface area (Å²) in [6.07, 6.45) is 9.85. The molecule has 1 aliphatic carbocycles. The highest BCUT2D eigenvalue weighted by atomic mass is 127. The SMILES string of the molecule is CN=C(NCc1ncc(C(C)(C)C)o1)N1CCC(OCC2CCCC2)CC1.I. The zero-order chi connectivity index (χ0) is 19.3. The zero-order valence-electron chi connectivity index (χ0n) is 17.9.